The molecular formula is C22H20ClF3N6O. The minimum absolute atomic E-state index is 0.0920. The van der Waals surface area contributed by atoms with Crippen molar-refractivity contribution in [3.8, 4) is 11.3 Å². The Labute approximate surface area is 192 Å². The number of rotatable bonds is 5. The van der Waals surface area contributed by atoms with E-state index < -0.39 is 23.8 Å². The Morgan fingerprint density at radius 3 is 2.52 bits per heavy atom. The van der Waals surface area contributed by atoms with Crippen LogP contribution in [0.2, 0.25) is 5.02 Å². The summed E-state index contributed by atoms with van der Waals surface area (Å²) in [6, 6.07) is 8.00. The minimum atomic E-state index is -4.71. The Hall–Kier alpha value is -3.40. The van der Waals surface area contributed by atoms with E-state index in [1.807, 2.05) is 13.8 Å². The van der Waals surface area contributed by atoms with E-state index in [1.54, 1.807) is 42.1 Å². The minimum Gasteiger partial charge on any atom is -0.344 e. The number of hydrogen-bond donors (Lipinski definition) is 1. The predicted octanol–water partition coefficient (Wildman–Crippen LogP) is 5.08. The lowest BCUT2D eigenvalue weighted by Crippen LogP contribution is -2.27. The van der Waals surface area contributed by atoms with Crippen molar-refractivity contribution in [3.63, 3.8) is 0 Å². The zero-order valence-electron chi connectivity index (χ0n) is 18.0. The van der Waals surface area contributed by atoms with E-state index in [2.05, 4.69) is 20.5 Å². The highest BCUT2D eigenvalue weighted by Gasteiger charge is 2.35. The molecule has 0 bridgehead atoms. The molecule has 4 rings (SSSR count). The quantitative estimate of drug-likeness (QED) is 0.435. The van der Waals surface area contributed by atoms with E-state index in [4.69, 9.17) is 11.6 Å². The van der Waals surface area contributed by atoms with Crippen molar-refractivity contribution in [2.24, 2.45) is 0 Å². The van der Waals surface area contributed by atoms with Crippen LogP contribution in [-0.2, 0) is 12.7 Å². The Bertz CT molecular complexity index is 1330. The SMILES string of the molecule is CCn1ncc(C(C)NC(=O)c2cc3nc(-c4ccc(Cl)cc4)cc(C(F)(F)F)n3n2)c1C. The van der Waals surface area contributed by atoms with Gasteiger partial charge >= 0.3 is 6.18 Å². The monoisotopic (exact) mass is 476 g/mol. The Kier molecular flexibility index (Phi) is 5.87. The molecular weight excluding hydrogens is 457 g/mol. The first-order valence-electron chi connectivity index (χ1n) is 10.2. The van der Waals surface area contributed by atoms with E-state index in [-0.39, 0.29) is 17.0 Å². The molecule has 0 saturated heterocycles. The number of aromatic nitrogens is 5. The highest BCUT2D eigenvalue weighted by Crippen LogP contribution is 2.32. The Morgan fingerprint density at radius 1 is 1.21 bits per heavy atom. The predicted molar refractivity (Wildman–Crippen MR) is 117 cm³/mol. The number of carbonyl (C=O) groups excluding carboxylic acids is 1. The number of halogens is 4. The molecule has 0 aliphatic heterocycles. The molecule has 0 spiro atoms. The molecule has 0 fully saturated rings. The van der Waals surface area contributed by atoms with Crippen LogP contribution in [0, 0.1) is 6.92 Å². The molecule has 0 saturated carbocycles. The average molecular weight is 477 g/mol. The number of fused-ring (bicyclic) bond motifs is 1. The van der Waals surface area contributed by atoms with Gasteiger partial charge in [-0.05, 0) is 39.0 Å². The average Bonchev–Trinajstić information content (AvgIpc) is 3.36. The van der Waals surface area contributed by atoms with Crippen LogP contribution in [0.5, 0.6) is 0 Å². The molecule has 11 heteroatoms. The van der Waals surface area contributed by atoms with Gasteiger partial charge in [-0.1, -0.05) is 23.7 Å². The highest BCUT2D eigenvalue weighted by molar-refractivity contribution is 6.30. The fraction of sp³-hybridized carbons (Fsp3) is 0.273. The van der Waals surface area contributed by atoms with E-state index >= 15 is 0 Å². The summed E-state index contributed by atoms with van der Waals surface area (Å²) in [5.74, 6) is -0.613. The van der Waals surface area contributed by atoms with Gasteiger partial charge in [-0.2, -0.15) is 23.4 Å². The number of benzene rings is 1. The van der Waals surface area contributed by atoms with Crippen molar-refractivity contribution in [1.29, 1.82) is 0 Å². The Balaban J connectivity index is 1.71. The number of nitrogens with zero attached hydrogens (tertiary/aromatic N) is 5. The summed E-state index contributed by atoms with van der Waals surface area (Å²) in [5, 5.41) is 11.4. The summed E-state index contributed by atoms with van der Waals surface area (Å²) < 4.78 is 43.8. The zero-order valence-corrected chi connectivity index (χ0v) is 18.7. The molecule has 3 aromatic heterocycles. The smallest absolute Gasteiger partial charge is 0.344 e. The first-order chi connectivity index (χ1) is 15.6. The van der Waals surface area contributed by atoms with Gasteiger partial charge in [0.25, 0.3) is 5.91 Å². The third-order valence-corrected chi connectivity index (χ3v) is 5.60. The summed E-state index contributed by atoms with van der Waals surface area (Å²) >= 11 is 5.88. The lowest BCUT2D eigenvalue weighted by atomic mass is 10.1. The molecule has 1 aromatic carbocycles. The van der Waals surface area contributed by atoms with E-state index in [0.717, 1.165) is 17.3 Å². The topological polar surface area (TPSA) is 77.1 Å². The van der Waals surface area contributed by atoms with Crippen LogP contribution in [0.25, 0.3) is 16.9 Å². The van der Waals surface area contributed by atoms with E-state index in [0.29, 0.717) is 21.6 Å². The summed E-state index contributed by atoms with van der Waals surface area (Å²) in [6.45, 7) is 6.29. The molecule has 0 aliphatic carbocycles. The molecule has 33 heavy (non-hydrogen) atoms. The fourth-order valence-corrected chi connectivity index (χ4v) is 3.74. The normalized spacial score (nSPS) is 12.8. The molecule has 7 nitrogen and oxygen atoms in total. The molecule has 1 N–H and O–H groups in total. The number of alkyl halides is 3. The summed E-state index contributed by atoms with van der Waals surface area (Å²) in [7, 11) is 0. The van der Waals surface area contributed by atoms with Crippen LogP contribution in [0.3, 0.4) is 0 Å². The molecule has 172 valence electrons. The van der Waals surface area contributed by atoms with Gasteiger partial charge in [0.15, 0.2) is 17.0 Å². The standard InChI is InChI=1S/C22H20ClF3N6O/c1-4-31-13(3)16(11-27-31)12(2)28-21(33)18-10-20-29-17(14-5-7-15(23)8-6-14)9-19(22(24,25)26)32(20)30-18/h5-12H,4H2,1-3H3,(H,28,33). The zero-order chi connectivity index (χ0) is 23.9. The Morgan fingerprint density at radius 2 is 1.91 bits per heavy atom. The summed E-state index contributed by atoms with van der Waals surface area (Å²) in [4.78, 5) is 17.1. The summed E-state index contributed by atoms with van der Waals surface area (Å²) in [5.41, 5.74) is 0.953. The highest BCUT2D eigenvalue weighted by atomic mass is 35.5. The third-order valence-electron chi connectivity index (χ3n) is 5.35. The van der Waals surface area contributed by atoms with Gasteiger partial charge in [0.05, 0.1) is 17.9 Å². The van der Waals surface area contributed by atoms with Crippen molar-refractivity contribution in [2.75, 3.05) is 0 Å². The number of aryl methyl sites for hydroxylation is 1. The molecule has 1 unspecified atom stereocenters. The second-order valence-corrected chi connectivity index (χ2v) is 7.96. The number of nitrogens with one attached hydrogen (secondary N) is 1. The number of carbonyl (C=O) groups is 1. The van der Waals surface area contributed by atoms with Crippen LogP contribution in [-0.4, -0.2) is 30.3 Å². The molecule has 4 aromatic rings. The lowest BCUT2D eigenvalue weighted by Gasteiger charge is -2.13. The number of hydrogen-bond acceptors (Lipinski definition) is 4. The fourth-order valence-electron chi connectivity index (χ4n) is 3.61. The second-order valence-electron chi connectivity index (χ2n) is 7.53. The van der Waals surface area contributed by atoms with Crippen LogP contribution < -0.4 is 5.32 Å². The largest absolute Gasteiger partial charge is 0.433 e. The van der Waals surface area contributed by atoms with Crippen molar-refractivity contribution in [1.82, 2.24) is 29.7 Å². The maximum Gasteiger partial charge on any atom is 0.433 e. The van der Waals surface area contributed by atoms with Gasteiger partial charge in [0, 0.05) is 34.5 Å². The molecule has 1 atom stereocenters. The van der Waals surface area contributed by atoms with E-state index in [1.165, 1.54) is 6.07 Å². The van der Waals surface area contributed by atoms with Crippen molar-refractivity contribution >= 4 is 23.2 Å². The maximum atomic E-state index is 13.8. The molecule has 1 amide bonds. The third kappa shape index (κ3) is 4.43. The van der Waals surface area contributed by atoms with Crippen LogP contribution in [0.15, 0.2) is 42.6 Å². The molecule has 3 heterocycles. The van der Waals surface area contributed by atoms with Crippen molar-refractivity contribution < 1.29 is 18.0 Å². The van der Waals surface area contributed by atoms with Crippen LogP contribution in [0.1, 0.15) is 47.3 Å². The second kappa shape index (κ2) is 8.51. The van der Waals surface area contributed by atoms with Crippen molar-refractivity contribution in [2.45, 2.75) is 39.5 Å². The molecule has 0 radical (unpaired) electrons. The van der Waals surface area contributed by atoms with E-state index in [9.17, 15) is 18.0 Å². The summed E-state index contributed by atoms with van der Waals surface area (Å²) in [6.07, 6.45) is -3.05. The van der Waals surface area contributed by atoms with Gasteiger partial charge in [-0.15, -0.1) is 0 Å². The van der Waals surface area contributed by atoms with Crippen molar-refractivity contribution in [3.05, 3.63) is 70.3 Å². The van der Waals surface area contributed by atoms with Gasteiger partial charge in [-0.3, -0.25) is 9.48 Å². The van der Waals surface area contributed by atoms with Crippen LogP contribution >= 0.6 is 11.6 Å². The molecule has 0 aliphatic rings. The van der Waals surface area contributed by atoms with Crippen LogP contribution in [0.4, 0.5) is 13.2 Å². The number of amides is 1. The van der Waals surface area contributed by atoms with Gasteiger partial charge in [0.1, 0.15) is 0 Å². The first kappa shape index (κ1) is 22.8. The van der Waals surface area contributed by atoms with Gasteiger partial charge < -0.3 is 5.32 Å². The van der Waals surface area contributed by atoms with Gasteiger partial charge in [0.2, 0.25) is 0 Å². The van der Waals surface area contributed by atoms with Gasteiger partial charge in [-0.25, -0.2) is 9.50 Å². The first-order valence-corrected chi connectivity index (χ1v) is 10.5. The lowest BCUT2D eigenvalue weighted by molar-refractivity contribution is -0.142. The maximum absolute atomic E-state index is 13.8.